The minimum Gasteiger partial charge on any atom is -0.490 e. The van der Waals surface area contributed by atoms with Crippen molar-refractivity contribution < 1.29 is 31.3 Å². The third-order valence-corrected chi connectivity index (χ3v) is 12.5. The Morgan fingerprint density at radius 3 is 2.50 bits per heavy atom. The Hall–Kier alpha value is -4.66. The summed E-state index contributed by atoms with van der Waals surface area (Å²) in [5, 5.41) is 0. The van der Waals surface area contributed by atoms with Crippen LogP contribution in [0.25, 0.3) is 0 Å². The van der Waals surface area contributed by atoms with Crippen LogP contribution in [0.3, 0.4) is 0 Å². The SMILES string of the molecule is Cc1ccc(S(=O)(=O)OC2CC(N(C(=O)c3cc(F)ccc3Oc3cncnc3N3CC4(CC(Oc5ccnc6c5CN(C)CC6)C4)C3)C(C)C)C2)cc1. The number of halogens is 1. The van der Waals surface area contributed by atoms with Crippen molar-refractivity contribution in [2.24, 2.45) is 5.41 Å². The minimum absolute atomic E-state index is 0.0544. The van der Waals surface area contributed by atoms with Crippen LogP contribution in [0.4, 0.5) is 10.2 Å². The topological polar surface area (TPSA) is 127 Å². The Balaban J connectivity index is 0.917. The predicted molar refractivity (Wildman–Crippen MR) is 199 cm³/mol. The van der Waals surface area contributed by atoms with Crippen molar-refractivity contribution in [3.05, 3.63) is 95.5 Å². The second kappa shape index (κ2) is 14.2. The molecular weight excluding hydrogens is 712 g/mol. The van der Waals surface area contributed by atoms with Gasteiger partial charge in [0.05, 0.1) is 22.8 Å². The first-order valence-corrected chi connectivity index (χ1v) is 19.9. The second-order valence-corrected chi connectivity index (χ2v) is 17.2. The number of ether oxygens (including phenoxy) is 2. The van der Waals surface area contributed by atoms with E-state index in [-0.39, 0.29) is 39.8 Å². The van der Waals surface area contributed by atoms with E-state index in [4.69, 9.17) is 13.7 Å². The number of anilines is 1. The molecule has 4 heterocycles. The molecule has 1 spiro atoms. The first-order valence-electron chi connectivity index (χ1n) is 18.5. The monoisotopic (exact) mass is 756 g/mol. The maximum Gasteiger partial charge on any atom is 0.297 e. The molecule has 3 fully saturated rings. The molecule has 4 aliphatic rings. The summed E-state index contributed by atoms with van der Waals surface area (Å²) < 4.78 is 58.9. The van der Waals surface area contributed by atoms with Crippen molar-refractivity contribution >= 4 is 21.8 Å². The molecule has 0 atom stereocenters. The van der Waals surface area contributed by atoms with Crippen molar-refractivity contribution in [3.63, 3.8) is 0 Å². The molecule has 0 unspecified atom stereocenters. The summed E-state index contributed by atoms with van der Waals surface area (Å²) in [5.41, 5.74) is 3.43. The van der Waals surface area contributed by atoms with E-state index in [1.165, 1.54) is 42.2 Å². The summed E-state index contributed by atoms with van der Waals surface area (Å²) in [5.74, 6) is 1.07. The van der Waals surface area contributed by atoms with Crippen LogP contribution < -0.4 is 14.4 Å². The lowest BCUT2D eigenvalue weighted by atomic mass is 9.61. The van der Waals surface area contributed by atoms with E-state index in [1.807, 2.05) is 33.0 Å². The lowest BCUT2D eigenvalue weighted by Crippen LogP contribution is -2.65. The number of hydrogen-bond donors (Lipinski definition) is 0. The summed E-state index contributed by atoms with van der Waals surface area (Å²) in [7, 11) is -1.84. The second-order valence-electron chi connectivity index (χ2n) is 15.6. The number of fused-ring (bicyclic) bond motifs is 1. The van der Waals surface area contributed by atoms with E-state index in [1.54, 1.807) is 23.2 Å². The van der Waals surface area contributed by atoms with E-state index in [9.17, 15) is 17.6 Å². The number of aromatic nitrogens is 3. The first-order chi connectivity index (χ1) is 25.9. The van der Waals surface area contributed by atoms with Gasteiger partial charge in [0.2, 0.25) is 0 Å². The van der Waals surface area contributed by atoms with Crippen LogP contribution in [0.2, 0.25) is 0 Å². The Labute approximate surface area is 315 Å². The Bertz CT molecular complexity index is 2150. The zero-order valence-electron chi connectivity index (χ0n) is 30.9. The van der Waals surface area contributed by atoms with Gasteiger partial charge in [0.25, 0.3) is 16.0 Å². The summed E-state index contributed by atoms with van der Waals surface area (Å²) in [6, 6.07) is 11.8. The third kappa shape index (κ3) is 7.14. The highest BCUT2D eigenvalue weighted by Crippen LogP contribution is 2.52. The smallest absolute Gasteiger partial charge is 0.297 e. The Kier molecular flexibility index (Phi) is 9.55. The van der Waals surface area contributed by atoms with Gasteiger partial charge in [-0.05, 0) is 89.9 Å². The molecule has 2 aromatic carbocycles. The standard InChI is InChI=1S/C40H45FN6O6S/c1-25(2)47(28-16-29(17-28)53-54(49,50)31-8-5-26(3)6-9-31)39(48)32-15-27(41)7-10-35(32)52-37-20-42-24-44-38(37)46-22-40(23-46)18-30(19-40)51-36-11-13-43-34-12-14-45(4)21-33(34)36/h5-11,13,15,20,24-25,28-30H,12,14,16-19,21-23H2,1-4H3. The summed E-state index contributed by atoms with van der Waals surface area (Å²) in [4.78, 5) is 33.7. The van der Waals surface area contributed by atoms with E-state index in [0.717, 1.165) is 62.4 Å². The molecule has 2 saturated carbocycles. The van der Waals surface area contributed by atoms with Crippen molar-refractivity contribution in [1.82, 2.24) is 24.8 Å². The zero-order chi connectivity index (χ0) is 37.8. The third-order valence-electron chi connectivity index (χ3n) is 11.1. The summed E-state index contributed by atoms with van der Waals surface area (Å²) >= 11 is 0. The van der Waals surface area contributed by atoms with E-state index in [0.29, 0.717) is 24.4 Å². The fourth-order valence-electron chi connectivity index (χ4n) is 8.24. The van der Waals surface area contributed by atoms with E-state index >= 15 is 0 Å². The number of aryl methyl sites for hydroxylation is 1. The first kappa shape index (κ1) is 36.3. The molecular formula is C40H45FN6O6S. The minimum atomic E-state index is -3.96. The van der Waals surface area contributed by atoms with Crippen molar-refractivity contribution in [2.45, 2.75) is 88.6 Å². The maximum atomic E-state index is 14.8. The molecule has 1 saturated heterocycles. The molecule has 8 rings (SSSR count). The number of pyridine rings is 1. The van der Waals surface area contributed by atoms with Gasteiger partial charge in [-0.3, -0.25) is 14.0 Å². The highest BCUT2D eigenvalue weighted by atomic mass is 32.2. The number of benzene rings is 2. The molecule has 1 amide bonds. The van der Waals surface area contributed by atoms with Gasteiger partial charge in [0.15, 0.2) is 11.6 Å². The van der Waals surface area contributed by atoms with Gasteiger partial charge in [-0.2, -0.15) is 8.42 Å². The number of hydrogen-bond acceptors (Lipinski definition) is 11. The van der Waals surface area contributed by atoms with Crippen LogP contribution in [0.1, 0.15) is 66.7 Å². The van der Waals surface area contributed by atoms with Crippen LogP contribution in [0.5, 0.6) is 17.2 Å². The summed E-state index contributed by atoms with van der Waals surface area (Å²) in [6.45, 7) is 9.02. The molecule has 0 radical (unpaired) electrons. The van der Waals surface area contributed by atoms with Crippen molar-refractivity contribution in [3.8, 4) is 17.2 Å². The Morgan fingerprint density at radius 1 is 1.00 bits per heavy atom. The van der Waals surface area contributed by atoms with Crippen molar-refractivity contribution in [1.29, 1.82) is 0 Å². The van der Waals surface area contributed by atoms with Crippen molar-refractivity contribution in [2.75, 3.05) is 31.6 Å². The summed E-state index contributed by atoms with van der Waals surface area (Å²) in [6.07, 6.45) is 7.87. The fourth-order valence-corrected chi connectivity index (χ4v) is 9.33. The van der Waals surface area contributed by atoms with Gasteiger partial charge in [-0.15, -0.1) is 0 Å². The molecule has 2 aliphatic heterocycles. The lowest BCUT2D eigenvalue weighted by Gasteiger charge is -2.59. The van der Waals surface area contributed by atoms with Crippen LogP contribution in [-0.2, 0) is 27.3 Å². The molecule has 0 N–H and O–H groups in total. The predicted octanol–water partition coefficient (Wildman–Crippen LogP) is 5.93. The van der Waals surface area contributed by atoms with Crippen LogP contribution in [0, 0.1) is 18.2 Å². The normalized spacial score (nSPS) is 20.8. The average molecular weight is 757 g/mol. The van der Waals surface area contributed by atoms with Gasteiger partial charge < -0.3 is 24.2 Å². The van der Waals surface area contributed by atoms with Crippen LogP contribution >= 0.6 is 0 Å². The lowest BCUT2D eigenvalue weighted by molar-refractivity contribution is -0.0352. The Morgan fingerprint density at radius 2 is 1.76 bits per heavy atom. The van der Waals surface area contributed by atoms with Gasteiger partial charge in [0.1, 0.15) is 29.7 Å². The number of nitrogens with zero attached hydrogens (tertiary/aromatic N) is 6. The molecule has 54 heavy (non-hydrogen) atoms. The van der Waals surface area contributed by atoms with Gasteiger partial charge >= 0.3 is 0 Å². The van der Waals surface area contributed by atoms with E-state index < -0.39 is 27.9 Å². The number of rotatable bonds is 11. The number of carbonyl (C=O) groups excluding carboxylic acids is 1. The number of carbonyl (C=O) groups is 1. The largest absolute Gasteiger partial charge is 0.490 e. The quantitative estimate of drug-likeness (QED) is 0.169. The molecule has 2 aliphatic carbocycles. The number of likely N-dealkylation sites (N-methyl/N-ethyl adjacent to an activating group) is 1. The maximum absolute atomic E-state index is 14.8. The zero-order valence-corrected chi connectivity index (χ0v) is 31.8. The fraction of sp³-hybridized carbons (Fsp3) is 0.450. The van der Waals surface area contributed by atoms with Gasteiger partial charge in [0, 0.05) is 67.6 Å². The average Bonchev–Trinajstić information content (AvgIpc) is 3.09. The van der Waals surface area contributed by atoms with Crippen LogP contribution in [-0.4, -0.2) is 90.1 Å². The number of amides is 1. The van der Waals surface area contributed by atoms with E-state index in [2.05, 4.69) is 31.8 Å². The molecule has 4 aromatic rings. The van der Waals surface area contributed by atoms with Gasteiger partial charge in [-0.25, -0.2) is 14.4 Å². The van der Waals surface area contributed by atoms with Gasteiger partial charge in [-0.1, -0.05) is 17.7 Å². The molecule has 2 aromatic heterocycles. The highest BCUT2D eigenvalue weighted by molar-refractivity contribution is 7.86. The van der Waals surface area contributed by atoms with Crippen LogP contribution in [0.15, 0.2) is 72.1 Å². The molecule has 14 heteroatoms. The molecule has 284 valence electrons. The highest BCUT2D eigenvalue weighted by Gasteiger charge is 2.54. The molecule has 12 nitrogen and oxygen atoms in total. The molecule has 0 bridgehead atoms.